The SMILES string of the molecule is CC1CCCN1c1ccc(CN)c(C(F)(F)F)c1. The molecule has 1 aromatic carbocycles. The highest BCUT2D eigenvalue weighted by atomic mass is 19.4. The van der Waals surface area contributed by atoms with E-state index in [-0.39, 0.29) is 12.1 Å². The quantitative estimate of drug-likeness (QED) is 0.883. The van der Waals surface area contributed by atoms with E-state index < -0.39 is 11.7 Å². The van der Waals surface area contributed by atoms with Crippen LogP contribution in [0, 0.1) is 0 Å². The Kier molecular flexibility index (Phi) is 3.52. The smallest absolute Gasteiger partial charge is 0.369 e. The fraction of sp³-hybridized carbons (Fsp3) is 0.538. The zero-order valence-corrected chi connectivity index (χ0v) is 10.3. The first-order valence-corrected chi connectivity index (χ1v) is 6.10. The van der Waals surface area contributed by atoms with E-state index in [0.29, 0.717) is 11.7 Å². The number of benzene rings is 1. The van der Waals surface area contributed by atoms with Gasteiger partial charge in [-0.1, -0.05) is 6.07 Å². The van der Waals surface area contributed by atoms with Crippen LogP contribution in [-0.2, 0) is 12.7 Å². The molecule has 0 aliphatic carbocycles. The predicted octanol–water partition coefficient (Wildman–Crippen LogP) is 3.15. The van der Waals surface area contributed by atoms with Gasteiger partial charge in [-0.2, -0.15) is 13.2 Å². The molecule has 1 atom stereocenters. The van der Waals surface area contributed by atoms with Crippen LogP contribution in [0.1, 0.15) is 30.9 Å². The summed E-state index contributed by atoms with van der Waals surface area (Å²) in [5.41, 5.74) is 5.55. The molecule has 5 heteroatoms. The molecule has 0 radical (unpaired) electrons. The highest BCUT2D eigenvalue weighted by molar-refractivity contribution is 5.53. The molecule has 2 rings (SSSR count). The van der Waals surface area contributed by atoms with Gasteiger partial charge in [0.1, 0.15) is 0 Å². The monoisotopic (exact) mass is 258 g/mol. The summed E-state index contributed by atoms with van der Waals surface area (Å²) in [7, 11) is 0. The van der Waals surface area contributed by atoms with Crippen molar-refractivity contribution in [1.82, 2.24) is 0 Å². The molecule has 0 bridgehead atoms. The van der Waals surface area contributed by atoms with Gasteiger partial charge >= 0.3 is 6.18 Å². The Bertz CT molecular complexity index is 429. The van der Waals surface area contributed by atoms with Crippen molar-refractivity contribution >= 4 is 5.69 Å². The lowest BCUT2D eigenvalue weighted by molar-refractivity contribution is -0.138. The average molecular weight is 258 g/mol. The van der Waals surface area contributed by atoms with Crippen molar-refractivity contribution < 1.29 is 13.2 Å². The van der Waals surface area contributed by atoms with Gasteiger partial charge in [0.05, 0.1) is 5.56 Å². The highest BCUT2D eigenvalue weighted by Gasteiger charge is 2.34. The molecule has 1 aliphatic heterocycles. The number of rotatable bonds is 2. The Hall–Kier alpha value is -1.23. The first-order chi connectivity index (χ1) is 8.43. The molecule has 1 aliphatic rings. The van der Waals surface area contributed by atoms with Crippen LogP contribution in [-0.4, -0.2) is 12.6 Å². The molecule has 0 spiro atoms. The van der Waals surface area contributed by atoms with Gasteiger partial charge in [-0.05, 0) is 37.5 Å². The van der Waals surface area contributed by atoms with Crippen molar-refractivity contribution in [2.45, 2.75) is 38.5 Å². The molecule has 2 nitrogen and oxygen atoms in total. The van der Waals surface area contributed by atoms with Gasteiger partial charge in [-0.25, -0.2) is 0 Å². The van der Waals surface area contributed by atoms with E-state index in [1.165, 1.54) is 12.1 Å². The molecule has 1 unspecified atom stereocenters. The first-order valence-electron chi connectivity index (χ1n) is 6.10. The maximum atomic E-state index is 12.9. The van der Waals surface area contributed by atoms with E-state index in [9.17, 15) is 13.2 Å². The molecule has 2 N–H and O–H groups in total. The van der Waals surface area contributed by atoms with Crippen LogP contribution >= 0.6 is 0 Å². The minimum Gasteiger partial charge on any atom is -0.369 e. The van der Waals surface area contributed by atoms with Crippen LogP contribution in [0.5, 0.6) is 0 Å². The number of hydrogen-bond donors (Lipinski definition) is 1. The largest absolute Gasteiger partial charge is 0.416 e. The Morgan fingerprint density at radius 2 is 2.11 bits per heavy atom. The number of alkyl halides is 3. The average Bonchev–Trinajstić information content (AvgIpc) is 2.73. The summed E-state index contributed by atoms with van der Waals surface area (Å²) in [6.45, 7) is 2.77. The fourth-order valence-electron chi connectivity index (χ4n) is 2.50. The number of anilines is 1. The van der Waals surface area contributed by atoms with E-state index in [2.05, 4.69) is 0 Å². The standard InChI is InChI=1S/C13H17F3N2/c1-9-3-2-6-18(9)11-5-4-10(8-17)12(7-11)13(14,15)16/h4-5,7,9H,2-3,6,8,17H2,1H3. The highest BCUT2D eigenvalue weighted by Crippen LogP contribution is 2.36. The van der Waals surface area contributed by atoms with Crippen LogP contribution in [0.4, 0.5) is 18.9 Å². The predicted molar refractivity (Wildman–Crippen MR) is 65.4 cm³/mol. The van der Waals surface area contributed by atoms with Crippen molar-refractivity contribution in [3.63, 3.8) is 0 Å². The number of hydrogen-bond acceptors (Lipinski definition) is 2. The molecule has 1 aromatic rings. The molecular formula is C13H17F3N2. The summed E-state index contributed by atoms with van der Waals surface area (Å²) in [6, 6.07) is 4.75. The lowest BCUT2D eigenvalue weighted by atomic mass is 10.1. The maximum Gasteiger partial charge on any atom is 0.416 e. The van der Waals surface area contributed by atoms with Crippen molar-refractivity contribution in [2.75, 3.05) is 11.4 Å². The Labute approximate surface area is 105 Å². The van der Waals surface area contributed by atoms with Crippen molar-refractivity contribution in [1.29, 1.82) is 0 Å². The molecule has 0 saturated carbocycles. The van der Waals surface area contributed by atoms with Gasteiger partial charge in [0.15, 0.2) is 0 Å². The lowest BCUT2D eigenvalue weighted by Gasteiger charge is -2.25. The number of nitrogens with two attached hydrogens (primary N) is 1. The summed E-state index contributed by atoms with van der Waals surface area (Å²) in [5, 5.41) is 0. The second kappa shape index (κ2) is 4.80. The van der Waals surface area contributed by atoms with Crippen LogP contribution in [0.25, 0.3) is 0 Å². The molecule has 1 heterocycles. The topological polar surface area (TPSA) is 29.3 Å². The molecule has 1 saturated heterocycles. The maximum absolute atomic E-state index is 12.9. The van der Waals surface area contributed by atoms with Gasteiger partial charge in [0.25, 0.3) is 0 Å². The number of halogens is 3. The summed E-state index contributed by atoms with van der Waals surface area (Å²) in [5.74, 6) is 0. The molecule has 0 aromatic heterocycles. The minimum atomic E-state index is -4.34. The zero-order valence-electron chi connectivity index (χ0n) is 10.3. The van der Waals surface area contributed by atoms with Crippen LogP contribution in [0.15, 0.2) is 18.2 Å². The third-order valence-corrected chi connectivity index (χ3v) is 3.50. The zero-order chi connectivity index (χ0) is 13.3. The molecule has 18 heavy (non-hydrogen) atoms. The van der Waals surface area contributed by atoms with Crippen LogP contribution in [0.2, 0.25) is 0 Å². The van der Waals surface area contributed by atoms with Gasteiger partial charge in [-0.15, -0.1) is 0 Å². The summed E-state index contributed by atoms with van der Waals surface area (Å²) < 4.78 is 38.8. The van der Waals surface area contributed by atoms with E-state index in [4.69, 9.17) is 5.73 Å². The minimum absolute atomic E-state index is 0.0926. The second-order valence-corrected chi connectivity index (χ2v) is 4.73. The van der Waals surface area contributed by atoms with Crippen molar-refractivity contribution in [3.05, 3.63) is 29.3 Å². The van der Waals surface area contributed by atoms with Gasteiger partial charge in [-0.3, -0.25) is 0 Å². The Balaban J connectivity index is 2.39. The molecule has 1 fully saturated rings. The van der Waals surface area contributed by atoms with E-state index in [1.54, 1.807) is 6.07 Å². The van der Waals surface area contributed by atoms with E-state index in [1.807, 2.05) is 11.8 Å². The second-order valence-electron chi connectivity index (χ2n) is 4.73. The lowest BCUT2D eigenvalue weighted by Crippen LogP contribution is -2.26. The third kappa shape index (κ3) is 2.46. The molecular weight excluding hydrogens is 241 g/mol. The van der Waals surface area contributed by atoms with Gasteiger partial charge in [0.2, 0.25) is 0 Å². The summed E-state index contributed by atoms with van der Waals surface area (Å²) in [4.78, 5) is 2.02. The molecule has 100 valence electrons. The van der Waals surface area contributed by atoms with Crippen molar-refractivity contribution in [2.24, 2.45) is 5.73 Å². The van der Waals surface area contributed by atoms with Crippen LogP contribution < -0.4 is 10.6 Å². The Morgan fingerprint density at radius 1 is 1.39 bits per heavy atom. The van der Waals surface area contributed by atoms with Crippen molar-refractivity contribution in [3.8, 4) is 0 Å². The first kappa shape index (κ1) is 13.2. The normalized spacial score (nSPS) is 20.5. The number of nitrogens with zero attached hydrogens (tertiary/aromatic N) is 1. The van der Waals surface area contributed by atoms with Gasteiger partial charge in [0, 0.05) is 24.8 Å². The van der Waals surface area contributed by atoms with E-state index in [0.717, 1.165) is 19.4 Å². The Morgan fingerprint density at radius 3 is 2.61 bits per heavy atom. The van der Waals surface area contributed by atoms with Crippen LogP contribution in [0.3, 0.4) is 0 Å². The summed E-state index contributed by atoms with van der Waals surface area (Å²) in [6.07, 6.45) is -2.28. The molecule has 0 amide bonds. The van der Waals surface area contributed by atoms with E-state index >= 15 is 0 Å². The fourth-order valence-corrected chi connectivity index (χ4v) is 2.50. The summed E-state index contributed by atoms with van der Waals surface area (Å²) >= 11 is 0. The van der Waals surface area contributed by atoms with Gasteiger partial charge < -0.3 is 10.6 Å². The third-order valence-electron chi connectivity index (χ3n) is 3.50.